The number of nitrogens with zero attached hydrogens (tertiary/aromatic N) is 5. The lowest BCUT2D eigenvalue weighted by Gasteiger charge is -2.23. The van der Waals surface area contributed by atoms with E-state index in [0.29, 0.717) is 28.1 Å². The molecule has 0 spiro atoms. The monoisotopic (exact) mass is 425 g/mol. The van der Waals surface area contributed by atoms with Gasteiger partial charge in [-0.2, -0.15) is 15.0 Å². The van der Waals surface area contributed by atoms with E-state index in [1.54, 1.807) is 18.3 Å². The van der Waals surface area contributed by atoms with Gasteiger partial charge in [0.05, 0.1) is 35.2 Å². The summed E-state index contributed by atoms with van der Waals surface area (Å²) >= 11 is 0. The van der Waals surface area contributed by atoms with Crippen molar-refractivity contribution in [3.8, 4) is 11.9 Å². The Morgan fingerprint density at radius 2 is 2.03 bits per heavy atom. The molecule has 10 heteroatoms. The van der Waals surface area contributed by atoms with Crippen molar-refractivity contribution in [3.63, 3.8) is 0 Å². The fourth-order valence-corrected chi connectivity index (χ4v) is 2.85. The van der Waals surface area contributed by atoms with Crippen LogP contribution < -0.4 is 10.6 Å². The van der Waals surface area contributed by atoms with Crippen molar-refractivity contribution < 1.29 is 14.3 Å². The number of amides is 1. The zero-order valence-electron chi connectivity index (χ0n) is 17.7. The third-order valence-electron chi connectivity index (χ3n) is 4.54. The molecular weight excluding hydrogens is 401 g/mol. The number of fused-ring (bicyclic) bond motifs is 1. The molecule has 0 aliphatic carbocycles. The number of hydrogen-bond acceptors (Lipinski definition) is 7. The van der Waals surface area contributed by atoms with Crippen LogP contribution in [0, 0.1) is 11.3 Å². The van der Waals surface area contributed by atoms with E-state index in [1.807, 2.05) is 19.9 Å². The molecule has 9 nitrogen and oxygen atoms in total. The van der Waals surface area contributed by atoms with Gasteiger partial charge in [0.15, 0.2) is 11.5 Å². The molecule has 3 aromatic heterocycles. The Morgan fingerprint density at radius 3 is 2.68 bits per heavy atom. The normalized spacial score (nSPS) is 12.6. The number of pyridine rings is 2. The Hall–Kier alpha value is -3.58. The van der Waals surface area contributed by atoms with Gasteiger partial charge in [-0.25, -0.2) is 14.4 Å². The SMILES string of the molecule is CC(C)Nc1cc(-n2ncc3cc(C#N)cnc32)ncc1C(=O)NC[C@H](F)C(C)(C)O. The van der Waals surface area contributed by atoms with Crippen LogP contribution in [-0.2, 0) is 0 Å². The number of nitrogens with one attached hydrogen (secondary N) is 2. The molecule has 0 radical (unpaired) electrons. The fourth-order valence-electron chi connectivity index (χ4n) is 2.85. The van der Waals surface area contributed by atoms with Crippen molar-refractivity contribution in [2.75, 3.05) is 11.9 Å². The van der Waals surface area contributed by atoms with E-state index in [4.69, 9.17) is 5.26 Å². The van der Waals surface area contributed by atoms with Crippen LogP contribution in [0.1, 0.15) is 43.6 Å². The second-order valence-corrected chi connectivity index (χ2v) is 8.02. The summed E-state index contributed by atoms with van der Waals surface area (Å²) in [5, 5.41) is 29.4. The molecule has 0 saturated carbocycles. The van der Waals surface area contributed by atoms with Crippen molar-refractivity contribution in [3.05, 3.63) is 41.9 Å². The van der Waals surface area contributed by atoms with Crippen LogP contribution in [0.15, 0.2) is 30.7 Å². The highest BCUT2D eigenvalue weighted by Crippen LogP contribution is 2.22. The van der Waals surface area contributed by atoms with Crippen molar-refractivity contribution in [2.45, 2.75) is 45.5 Å². The molecule has 31 heavy (non-hydrogen) atoms. The average molecular weight is 425 g/mol. The Balaban J connectivity index is 1.93. The number of rotatable bonds is 7. The molecule has 0 aliphatic rings. The van der Waals surface area contributed by atoms with Crippen LogP contribution in [0.5, 0.6) is 0 Å². The molecule has 3 rings (SSSR count). The molecule has 1 atom stereocenters. The zero-order valence-corrected chi connectivity index (χ0v) is 17.7. The van der Waals surface area contributed by atoms with E-state index < -0.39 is 17.7 Å². The predicted octanol–water partition coefficient (Wildman–Crippen LogP) is 2.35. The average Bonchev–Trinajstić information content (AvgIpc) is 3.13. The molecule has 0 fully saturated rings. The van der Waals surface area contributed by atoms with Gasteiger partial charge in [0, 0.05) is 29.9 Å². The number of aromatic nitrogens is 4. The number of carbonyl (C=O) groups excluding carboxylic acids is 1. The lowest BCUT2D eigenvalue weighted by atomic mass is 10.0. The first-order valence-electron chi connectivity index (χ1n) is 9.75. The maximum Gasteiger partial charge on any atom is 0.255 e. The number of aliphatic hydroxyl groups is 1. The highest BCUT2D eigenvalue weighted by atomic mass is 19.1. The molecule has 0 saturated heterocycles. The lowest BCUT2D eigenvalue weighted by Crippen LogP contribution is -2.42. The van der Waals surface area contributed by atoms with Crippen molar-refractivity contribution >= 4 is 22.6 Å². The minimum absolute atomic E-state index is 0.0118. The summed E-state index contributed by atoms with van der Waals surface area (Å²) in [5.41, 5.74) is 0.106. The topological polar surface area (TPSA) is 129 Å². The van der Waals surface area contributed by atoms with E-state index in [0.717, 1.165) is 0 Å². The Bertz CT molecular complexity index is 1140. The molecular formula is C21H24FN7O2. The largest absolute Gasteiger partial charge is 0.387 e. The predicted molar refractivity (Wildman–Crippen MR) is 114 cm³/mol. The van der Waals surface area contributed by atoms with Crippen molar-refractivity contribution in [1.82, 2.24) is 25.1 Å². The minimum atomic E-state index is -1.62. The van der Waals surface area contributed by atoms with Crippen LogP contribution in [0.4, 0.5) is 10.1 Å². The number of hydrogen-bond donors (Lipinski definition) is 3. The first-order valence-corrected chi connectivity index (χ1v) is 9.75. The second-order valence-electron chi connectivity index (χ2n) is 8.02. The van der Waals surface area contributed by atoms with Crippen molar-refractivity contribution in [1.29, 1.82) is 5.26 Å². The highest BCUT2D eigenvalue weighted by molar-refractivity contribution is 5.99. The Labute approximate surface area is 178 Å². The molecule has 0 unspecified atom stereocenters. The van der Waals surface area contributed by atoms with Gasteiger partial charge in [0.1, 0.15) is 12.2 Å². The zero-order chi connectivity index (χ0) is 22.8. The molecule has 0 bridgehead atoms. The van der Waals surface area contributed by atoms with Gasteiger partial charge < -0.3 is 15.7 Å². The second kappa shape index (κ2) is 8.65. The smallest absolute Gasteiger partial charge is 0.255 e. The van der Waals surface area contributed by atoms with Crippen LogP contribution >= 0.6 is 0 Å². The molecule has 3 aromatic rings. The Morgan fingerprint density at radius 1 is 1.29 bits per heavy atom. The van der Waals surface area contributed by atoms with Crippen LogP contribution in [0.2, 0.25) is 0 Å². The molecule has 1 amide bonds. The van der Waals surface area contributed by atoms with E-state index in [2.05, 4.69) is 25.7 Å². The van der Waals surface area contributed by atoms with Gasteiger partial charge in [-0.3, -0.25) is 4.79 Å². The standard InChI is InChI=1S/C21H24FN7O2/c1-12(2)28-16-6-18(29-19-14(9-27-29)5-13(7-23)8-25-19)24-10-15(16)20(30)26-11-17(22)21(3,4)31/h5-6,8-10,12,17,31H,11H2,1-4H3,(H,24,28)(H,26,30)/t17-/m0/s1. The maximum absolute atomic E-state index is 14.0. The summed E-state index contributed by atoms with van der Waals surface area (Å²) < 4.78 is 15.5. The summed E-state index contributed by atoms with van der Waals surface area (Å²) in [6.07, 6.45) is 2.79. The molecule has 3 heterocycles. The van der Waals surface area contributed by atoms with Crippen LogP contribution in [0.3, 0.4) is 0 Å². The number of carbonyl (C=O) groups is 1. The Kier molecular flexibility index (Phi) is 6.17. The maximum atomic E-state index is 14.0. The highest BCUT2D eigenvalue weighted by Gasteiger charge is 2.27. The summed E-state index contributed by atoms with van der Waals surface area (Å²) in [5.74, 6) is -0.0945. The van der Waals surface area contributed by atoms with E-state index in [9.17, 15) is 14.3 Å². The summed E-state index contributed by atoms with van der Waals surface area (Å²) in [4.78, 5) is 21.3. The van der Waals surface area contributed by atoms with Gasteiger partial charge >= 0.3 is 0 Å². The van der Waals surface area contributed by atoms with E-state index in [-0.39, 0.29) is 18.2 Å². The van der Waals surface area contributed by atoms with Crippen LogP contribution in [0.25, 0.3) is 16.9 Å². The van der Waals surface area contributed by atoms with Gasteiger partial charge in [-0.1, -0.05) is 0 Å². The summed E-state index contributed by atoms with van der Waals surface area (Å²) in [6.45, 7) is 6.19. The fraction of sp³-hybridized carbons (Fsp3) is 0.381. The van der Waals surface area contributed by atoms with E-state index >= 15 is 0 Å². The molecule has 0 aliphatic heterocycles. The quantitative estimate of drug-likeness (QED) is 0.530. The number of halogens is 1. The molecule has 3 N–H and O–H groups in total. The van der Waals surface area contributed by atoms with Gasteiger partial charge in [0.2, 0.25) is 0 Å². The summed E-state index contributed by atoms with van der Waals surface area (Å²) in [6, 6.07) is 5.38. The van der Waals surface area contributed by atoms with Crippen molar-refractivity contribution in [2.24, 2.45) is 0 Å². The molecule has 0 aromatic carbocycles. The number of anilines is 1. The van der Waals surface area contributed by atoms with Gasteiger partial charge in [0.25, 0.3) is 5.91 Å². The lowest BCUT2D eigenvalue weighted by molar-refractivity contribution is -0.00177. The third kappa shape index (κ3) is 4.95. The summed E-state index contributed by atoms with van der Waals surface area (Å²) in [7, 11) is 0. The first-order chi connectivity index (χ1) is 14.6. The number of alkyl halides is 1. The first kappa shape index (κ1) is 22.1. The number of nitriles is 1. The van der Waals surface area contributed by atoms with E-state index in [1.165, 1.54) is 30.9 Å². The molecule has 162 valence electrons. The third-order valence-corrected chi connectivity index (χ3v) is 4.54. The van der Waals surface area contributed by atoms with Crippen LogP contribution in [-0.4, -0.2) is 55.1 Å². The van der Waals surface area contributed by atoms with Gasteiger partial charge in [-0.15, -0.1) is 0 Å². The van der Waals surface area contributed by atoms with Gasteiger partial charge in [-0.05, 0) is 33.8 Å². The minimum Gasteiger partial charge on any atom is -0.387 e.